The summed E-state index contributed by atoms with van der Waals surface area (Å²) in [7, 11) is 0. The molecule has 0 spiro atoms. The Balaban J connectivity index is 0. The minimum absolute atomic E-state index is 0.162. The summed E-state index contributed by atoms with van der Waals surface area (Å²) in [5.41, 5.74) is 4.14. The van der Waals surface area contributed by atoms with Gasteiger partial charge in [-0.1, -0.05) is 34.9 Å². The molecule has 160 valence electrons. The lowest BCUT2D eigenvalue weighted by Crippen LogP contribution is -2.22. The van der Waals surface area contributed by atoms with Gasteiger partial charge in [-0.2, -0.15) is 0 Å². The molecule has 2 atom stereocenters. The van der Waals surface area contributed by atoms with E-state index in [0.717, 1.165) is 25.7 Å². The first-order valence-corrected chi connectivity index (χ1v) is 10.2. The van der Waals surface area contributed by atoms with Crippen molar-refractivity contribution in [1.29, 1.82) is 0 Å². The van der Waals surface area contributed by atoms with Gasteiger partial charge in [-0.05, 0) is 81.1 Å². The molecule has 0 rings (SSSR count). The summed E-state index contributed by atoms with van der Waals surface area (Å²) < 4.78 is 15.6. The molecule has 0 amide bonds. The van der Waals surface area contributed by atoms with Gasteiger partial charge in [0.05, 0.1) is 6.61 Å². The molecule has 0 fully saturated rings. The average Bonchev–Trinajstić information content (AvgIpc) is 2.55. The first-order valence-electron chi connectivity index (χ1n) is 10.2. The Bertz CT molecular complexity index is 410. The van der Waals surface area contributed by atoms with E-state index < -0.39 is 0 Å². The van der Waals surface area contributed by atoms with E-state index in [-0.39, 0.29) is 19.2 Å². The molecule has 4 nitrogen and oxygen atoms in total. The maximum atomic E-state index is 8.72. The Morgan fingerprint density at radius 2 is 1.22 bits per heavy atom. The fourth-order valence-corrected chi connectivity index (χ4v) is 2.31. The topological polar surface area (TPSA) is 47.9 Å². The second kappa shape index (κ2) is 19.8. The highest BCUT2D eigenvalue weighted by Gasteiger charge is 2.06. The zero-order valence-corrected chi connectivity index (χ0v) is 19.0. The molecule has 0 aliphatic rings. The highest BCUT2D eigenvalue weighted by atomic mass is 16.8. The van der Waals surface area contributed by atoms with Crippen LogP contribution >= 0.6 is 0 Å². The number of hydrogen-bond donors (Lipinski definition) is 1. The molecule has 0 heterocycles. The van der Waals surface area contributed by atoms with Crippen molar-refractivity contribution in [1.82, 2.24) is 0 Å². The number of aliphatic hydroxyl groups is 1. The molecule has 0 radical (unpaired) electrons. The minimum atomic E-state index is -0.179. The quantitative estimate of drug-likeness (QED) is 0.305. The van der Waals surface area contributed by atoms with Gasteiger partial charge in [0.2, 0.25) is 0 Å². The van der Waals surface area contributed by atoms with Crippen LogP contribution in [0.4, 0.5) is 0 Å². The lowest BCUT2D eigenvalue weighted by Gasteiger charge is -2.18. The Hall–Kier alpha value is -0.940. The van der Waals surface area contributed by atoms with E-state index in [1.807, 2.05) is 33.8 Å². The second-order valence-electron chi connectivity index (χ2n) is 6.82. The zero-order chi connectivity index (χ0) is 21.1. The normalized spacial score (nSPS) is 14.3. The van der Waals surface area contributed by atoms with Gasteiger partial charge < -0.3 is 19.3 Å². The third-order valence-electron chi connectivity index (χ3n) is 3.75. The van der Waals surface area contributed by atoms with Crippen LogP contribution in [0.25, 0.3) is 0 Å². The van der Waals surface area contributed by atoms with E-state index in [9.17, 15) is 0 Å². The molecule has 0 saturated carbocycles. The van der Waals surface area contributed by atoms with Crippen molar-refractivity contribution in [2.24, 2.45) is 0 Å². The molecule has 0 aliphatic heterocycles. The summed E-state index contributed by atoms with van der Waals surface area (Å²) in [6.45, 7) is 17.6. The molecule has 0 aliphatic carbocycles. The lowest BCUT2D eigenvalue weighted by molar-refractivity contribution is -0.228. The molecule has 27 heavy (non-hydrogen) atoms. The Kier molecular flexibility index (Phi) is 20.7. The molecule has 1 N–H and O–H groups in total. The summed E-state index contributed by atoms with van der Waals surface area (Å²) in [6, 6.07) is 0. The molecule has 0 aromatic heterocycles. The summed E-state index contributed by atoms with van der Waals surface area (Å²) in [4.78, 5) is 0. The molecular formula is C23H44O4. The molecule has 0 aromatic rings. The van der Waals surface area contributed by atoms with E-state index in [2.05, 4.69) is 39.8 Å². The fourth-order valence-electron chi connectivity index (χ4n) is 2.31. The number of aliphatic hydroxyl groups excluding tert-OH is 1. The maximum absolute atomic E-state index is 8.72. The van der Waals surface area contributed by atoms with Crippen molar-refractivity contribution in [3.05, 3.63) is 34.9 Å². The molecule has 0 aromatic carbocycles. The largest absolute Gasteiger partial charge is 0.392 e. The van der Waals surface area contributed by atoms with Gasteiger partial charge >= 0.3 is 0 Å². The Labute approximate surface area is 168 Å². The van der Waals surface area contributed by atoms with E-state index in [1.165, 1.54) is 16.7 Å². The summed E-state index contributed by atoms with van der Waals surface area (Å²) >= 11 is 0. The van der Waals surface area contributed by atoms with E-state index in [4.69, 9.17) is 19.3 Å². The molecule has 2 unspecified atom stereocenters. The Morgan fingerprint density at radius 1 is 0.778 bits per heavy atom. The fraction of sp³-hybridized carbons (Fsp3) is 0.739. The monoisotopic (exact) mass is 384 g/mol. The van der Waals surface area contributed by atoms with Crippen molar-refractivity contribution < 1.29 is 19.3 Å². The first-order chi connectivity index (χ1) is 12.8. The van der Waals surface area contributed by atoms with Crippen molar-refractivity contribution in [2.45, 2.75) is 93.7 Å². The summed E-state index contributed by atoms with van der Waals surface area (Å²) in [5.74, 6) is 0. The van der Waals surface area contributed by atoms with Gasteiger partial charge in [0.1, 0.15) is 0 Å². The predicted molar refractivity (Wildman–Crippen MR) is 116 cm³/mol. The molecule has 4 heteroatoms. The predicted octanol–water partition coefficient (Wildman–Crippen LogP) is 6.17. The number of allylic oxidation sites excluding steroid dienone is 5. The van der Waals surface area contributed by atoms with E-state index >= 15 is 0 Å². The van der Waals surface area contributed by atoms with Gasteiger partial charge in [-0.15, -0.1) is 0 Å². The number of hydrogen-bond acceptors (Lipinski definition) is 4. The zero-order valence-electron chi connectivity index (χ0n) is 19.0. The first kappa shape index (κ1) is 28.3. The SMILES string of the molecule is CC(C)=CCCC(C)=CCCC(C)=CCO.CCOC(C)OC(C)OCC. The van der Waals surface area contributed by atoms with Gasteiger partial charge in [0.25, 0.3) is 0 Å². The maximum Gasteiger partial charge on any atom is 0.157 e. The summed E-state index contributed by atoms with van der Waals surface area (Å²) in [5, 5.41) is 8.72. The third-order valence-corrected chi connectivity index (χ3v) is 3.75. The molecule has 0 saturated heterocycles. The van der Waals surface area contributed by atoms with Crippen LogP contribution in [0.1, 0.15) is 81.1 Å². The lowest BCUT2D eigenvalue weighted by atomic mass is 10.1. The van der Waals surface area contributed by atoms with Crippen LogP contribution in [0.5, 0.6) is 0 Å². The smallest absolute Gasteiger partial charge is 0.157 e. The van der Waals surface area contributed by atoms with Crippen LogP contribution in [0, 0.1) is 0 Å². The highest BCUT2D eigenvalue weighted by molar-refractivity contribution is 5.05. The van der Waals surface area contributed by atoms with Gasteiger partial charge in [0, 0.05) is 13.2 Å². The highest BCUT2D eigenvalue weighted by Crippen LogP contribution is 2.11. The molecular weight excluding hydrogens is 340 g/mol. The van der Waals surface area contributed by atoms with Crippen molar-refractivity contribution in [2.75, 3.05) is 19.8 Å². The second-order valence-corrected chi connectivity index (χ2v) is 6.82. The van der Waals surface area contributed by atoms with Gasteiger partial charge in [-0.25, -0.2) is 0 Å². The van der Waals surface area contributed by atoms with Crippen LogP contribution in [0.3, 0.4) is 0 Å². The summed E-state index contributed by atoms with van der Waals surface area (Å²) in [6.07, 6.45) is 10.6. The average molecular weight is 385 g/mol. The van der Waals surface area contributed by atoms with Crippen molar-refractivity contribution >= 4 is 0 Å². The van der Waals surface area contributed by atoms with Crippen LogP contribution in [-0.4, -0.2) is 37.5 Å². The number of rotatable bonds is 13. The number of ether oxygens (including phenoxy) is 3. The van der Waals surface area contributed by atoms with Gasteiger partial charge in [0.15, 0.2) is 12.6 Å². The molecule has 0 bridgehead atoms. The van der Waals surface area contributed by atoms with Crippen LogP contribution in [-0.2, 0) is 14.2 Å². The van der Waals surface area contributed by atoms with Crippen molar-refractivity contribution in [3.63, 3.8) is 0 Å². The van der Waals surface area contributed by atoms with Crippen LogP contribution < -0.4 is 0 Å². The third kappa shape index (κ3) is 23.0. The standard InChI is InChI=1S/C15H26O.C8H18O3/c1-13(2)7-5-8-14(3)9-6-10-15(4)11-12-16;1-5-9-7(3)11-8(4)10-6-2/h7,9,11,16H,5-6,8,10,12H2,1-4H3;7-8H,5-6H2,1-4H3. The van der Waals surface area contributed by atoms with Crippen LogP contribution in [0.15, 0.2) is 34.9 Å². The van der Waals surface area contributed by atoms with E-state index in [1.54, 1.807) is 0 Å². The van der Waals surface area contributed by atoms with E-state index in [0.29, 0.717) is 13.2 Å². The Morgan fingerprint density at radius 3 is 1.63 bits per heavy atom. The van der Waals surface area contributed by atoms with Gasteiger partial charge in [-0.3, -0.25) is 0 Å². The minimum Gasteiger partial charge on any atom is -0.392 e. The van der Waals surface area contributed by atoms with Crippen LogP contribution in [0.2, 0.25) is 0 Å². The van der Waals surface area contributed by atoms with Crippen molar-refractivity contribution in [3.8, 4) is 0 Å².